The van der Waals surface area contributed by atoms with Crippen LogP contribution in [0, 0.1) is 5.92 Å². The predicted molar refractivity (Wildman–Crippen MR) is 123 cm³/mol. The first-order valence-electron chi connectivity index (χ1n) is 10.2. The molecule has 4 aromatic rings. The number of rotatable bonds is 6. The Hall–Kier alpha value is -3.78. The van der Waals surface area contributed by atoms with E-state index in [1.54, 1.807) is 54.9 Å². The number of pyridine rings is 2. The summed E-state index contributed by atoms with van der Waals surface area (Å²) in [6, 6.07) is 19.3. The lowest BCUT2D eigenvalue weighted by Crippen LogP contribution is -2.15. The van der Waals surface area contributed by atoms with Crippen molar-refractivity contribution in [3.8, 4) is 0 Å². The Morgan fingerprint density at radius 2 is 1.78 bits per heavy atom. The summed E-state index contributed by atoms with van der Waals surface area (Å²) in [6.45, 7) is 0. The molecule has 1 saturated carbocycles. The van der Waals surface area contributed by atoms with Gasteiger partial charge in [0.05, 0.1) is 4.90 Å². The van der Waals surface area contributed by atoms with Crippen LogP contribution in [-0.4, -0.2) is 24.3 Å². The maximum absolute atomic E-state index is 12.7. The summed E-state index contributed by atoms with van der Waals surface area (Å²) in [4.78, 5) is 20.9. The summed E-state index contributed by atoms with van der Waals surface area (Å²) in [5, 5.41) is 5.02. The van der Waals surface area contributed by atoms with E-state index in [2.05, 4.69) is 20.0 Å². The standard InChI is InChI=1S/C24H20N4O3S/c29-24(27-19-7-4-18-15-25-12-10-17(18)13-19)22-14-21(22)16-5-8-20(9-6-16)32(30,31)28-23-3-1-2-11-26-23/h1-13,15,21-22H,14H2,(H,26,28)(H,27,29)/t21?,22-/m1/s1. The number of nitrogens with one attached hydrogen (secondary N) is 2. The van der Waals surface area contributed by atoms with Crippen LogP contribution >= 0.6 is 0 Å². The maximum Gasteiger partial charge on any atom is 0.263 e. The van der Waals surface area contributed by atoms with Crippen LogP contribution in [0.25, 0.3) is 10.8 Å². The van der Waals surface area contributed by atoms with Crippen molar-refractivity contribution in [1.82, 2.24) is 9.97 Å². The highest BCUT2D eigenvalue weighted by Crippen LogP contribution is 2.48. The molecule has 2 aromatic heterocycles. The Kier molecular flexibility index (Phi) is 5.07. The molecule has 1 amide bonds. The molecule has 160 valence electrons. The molecule has 2 N–H and O–H groups in total. The third kappa shape index (κ3) is 4.17. The van der Waals surface area contributed by atoms with Gasteiger partial charge >= 0.3 is 0 Å². The van der Waals surface area contributed by atoms with Crippen molar-refractivity contribution in [3.63, 3.8) is 0 Å². The highest BCUT2D eigenvalue weighted by Gasteiger charge is 2.44. The lowest BCUT2D eigenvalue weighted by Gasteiger charge is -2.08. The quantitative estimate of drug-likeness (QED) is 0.465. The van der Waals surface area contributed by atoms with Crippen LogP contribution < -0.4 is 10.0 Å². The minimum absolute atomic E-state index is 0.0306. The van der Waals surface area contributed by atoms with Crippen LogP contribution in [0.2, 0.25) is 0 Å². The van der Waals surface area contributed by atoms with Gasteiger partial charge in [-0.2, -0.15) is 0 Å². The van der Waals surface area contributed by atoms with E-state index in [1.165, 1.54) is 6.20 Å². The van der Waals surface area contributed by atoms with Gasteiger partial charge in [-0.25, -0.2) is 13.4 Å². The third-order valence-corrected chi connectivity index (χ3v) is 6.93. The second kappa shape index (κ2) is 8.05. The van der Waals surface area contributed by atoms with E-state index in [9.17, 15) is 13.2 Å². The third-order valence-electron chi connectivity index (χ3n) is 5.56. The number of anilines is 2. The van der Waals surface area contributed by atoms with E-state index >= 15 is 0 Å². The SMILES string of the molecule is O=C(Nc1ccc2cnccc2c1)[C@@H]1CC1c1ccc(S(=O)(=O)Nc2ccccn2)cc1. The number of hydrogen-bond acceptors (Lipinski definition) is 5. The van der Waals surface area contributed by atoms with E-state index in [4.69, 9.17) is 0 Å². The van der Waals surface area contributed by atoms with Crippen LogP contribution in [0.4, 0.5) is 11.5 Å². The first-order chi connectivity index (χ1) is 15.5. The van der Waals surface area contributed by atoms with Gasteiger partial charge in [0.1, 0.15) is 5.82 Å². The first-order valence-corrected chi connectivity index (χ1v) is 11.7. The molecule has 1 aliphatic carbocycles. The molecule has 2 aromatic carbocycles. The molecule has 1 fully saturated rings. The van der Waals surface area contributed by atoms with Gasteiger partial charge < -0.3 is 5.32 Å². The van der Waals surface area contributed by atoms with Crippen molar-refractivity contribution in [2.24, 2.45) is 5.92 Å². The lowest BCUT2D eigenvalue weighted by molar-refractivity contribution is -0.117. The number of amides is 1. The van der Waals surface area contributed by atoms with Gasteiger partial charge in [-0.3, -0.25) is 14.5 Å². The summed E-state index contributed by atoms with van der Waals surface area (Å²) >= 11 is 0. The van der Waals surface area contributed by atoms with Gasteiger partial charge in [-0.15, -0.1) is 0 Å². The largest absolute Gasteiger partial charge is 0.326 e. The van der Waals surface area contributed by atoms with Gasteiger partial charge in [0, 0.05) is 35.6 Å². The first kappa shape index (κ1) is 20.1. The van der Waals surface area contributed by atoms with Crippen LogP contribution in [0.5, 0.6) is 0 Å². The number of carbonyl (C=O) groups is 1. The van der Waals surface area contributed by atoms with E-state index in [0.717, 1.165) is 28.4 Å². The topological polar surface area (TPSA) is 101 Å². The predicted octanol–water partition coefficient (Wildman–Crippen LogP) is 4.17. The minimum Gasteiger partial charge on any atom is -0.326 e. The summed E-state index contributed by atoms with van der Waals surface area (Å²) in [7, 11) is -3.72. The summed E-state index contributed by atoms with van der Waals surface area (Å²) in [5.41, 5.74) is 1.70. The zero-order valence-electron chi connectivity index (χ0n) is 17.0. The summed E-state index contributed by atoms with van der Waals surface area (Å²) in [5.74, 6) is 0.190. The van der Waals surface area contributed by atoms with Gasteiger partial charge in [0.15, 0.2) is 0 Å². The van der Waals surface area contributed by atoms with Crippen LogP contribution in [-0.2, 0) is 14.8 Å². The Morgan fingerprint density at radius 3 is 2.56 bits per heavy atom. The Balaban J connectivity index is 1.24. The zero-order chi connectivity index (χ0) is 22.1. The molecule has 0 saturated heterocycles. The van der Waals surface area contributed by atoms with Crippen LogP contribution in [0.3, 0.4) is 0 Å². The van der Waals surface area contributed by atoms with Crippen molar-refractivity contribution in [3.05, 3.63) is 90.9 Å². The lowest BCUT2D eigenvalue weighted by atomic mass is 10.1. The maximum atomic E-state index is 12.7. The molecular formula is C24H20N4O3S. The fourth-order valence-corrected chi connectivity index (χ4v) is 4.77. The molecule has 0 bridgehead atoms. The van der Waals surface area contributed by atoms with E-state index in [-0.39, 0.29) is 28.5 Å². The second-order valence-corrected chi connectivity index (χ2v) is 9.45. The molecule has 32 heavy (non-hydrogen) atoms. The normalized spacial score (nSPS) is 17.6. The minimum atomic E-state index is -3.72. The smallest absolute Gasteiger partial charge is 0.263 e. The molecule has 0 aliphatic heterocycles. The molecule has 8 heteroatoms. The van der Waals surface area contributed by atoms with E-state index in [0.29, 0.717) is 0 Å². The average Bonchev–Trinajstić information content (AvgIpc) is 3.61. The van der Waals surface area contributed by atoms with Crippen molar-refractivity contribution in [2.75, 3.05) is 10.0 Å². The number of sulfonamides is 1. The highest BCUT2D eigenvalue weighted by atomic mass is 32.2. The molecule has 1 unspecified atom stereocenters. The van der Waals surface area contributed by atoms with Crippen LogP contribution in [0.15, 0.2) is 90.2 Å². The van der Waals surface area contributed by atoms with E-state index in [1.807, 2.05) is 24.3 Å². The van der Waals surface area contributed by atoms with Crippen molar-refractivity contribution >= 4 is 38.2 Å². The molecule has 0 radical (unpaired) electrons. The molecule has 7 nitrogen and oxygen atoms in total. The van der Waals surface area contributed by atoms with Gasteiger partial charge in [0.2, 0.25) is 5.91 Å². The summed E-state index contributed by atoms with van der Waals surface area (Å²) in [6.07, 6.45) is 5.77. The van der Waals surface area contributed by atoms with Crippen molar-refractivity contribution in [1.29, 1.82) is 0 Å². The van der Waals surface area contributed by atoms with Crippen LogP contribution in [0.1, 0.15) is 17.9 Å². The number of carbonyl (C=O) groups excluding carboxylic acids is 1. The number of aromatic nitrogens is 2. The van der Waals surface area contributed by atoms with Gasteiger partial charge in [0.25, 0.3) is 10.0 Å². The fourth-order valence-electron chi connectivity index (χ4n) is 3.76. The molecule has 2 atom stereocenters. The molecular weight excluding hydrogens is 424 g/mol. The van der Waals surface area contributed by atoms with Crippen molar-refractivity contribution in [2.45, 2.75) is 17.2 Å². The number of fused-ring (bicyclic) bond motifs is 1. The summed E-state index contributed by atoms with van der Waals surface area (Å²) < 4.78 is 27.6. The molecule has 0 spiro atoms. The zero-order valence-corrected chi connectivity index (χ0v) is 17.8. The van der Waals surface area contributed by atoms with Crippen molar-refractivity contribution < 1.29 is 13.2 Å². The molecule has 1 aliphatic rings. The Labute approximate surface area is 185 Å². The highest BCUT2D eigenvalue weighted by molar-refractivity contribution is 7.92. The number of nitrogens with zero attached hydrogens (tertiary/aromatic N) is 2. The Morgan fingerprint density at radius 1 is 0.938 bits per heavy atom. The fraction of sp³-hybridized carbons (Fsp3) is 0.125. The molecule has 2 heterocycles. The number of benzene rings is 2. The number of hydrogen-bond donors (Lipinski definition) is 2. The van der Waals surface area contributed by atoms with Gasteiger partial charge in [-0.1, -0.05) is 24.3 Å². The molecule has 5 rings (SSSR count). The average molecular weight is 445 g/mol. The van der Waals surface area contributed by atoms with Gasteiger partial charge in [-0.05, 0) is 65.8 Å². The Bertz CT molecular complexity index is 1390. The second-order valence-electron chi connectivity index (χ2n) is 7.77. The van der Waals surface area contributed by atoms with E-state index < -0.39 is 10.0 Å². The monoisotopic (exact) mass is 444 g/mol.